The molecule has 3 saturated heterocycles. The number of likely N-dealkylation sites (tertiary alicyclic amines) is 1. The largest absolute Gasteiger partial charge is 0.394 e. The van der Waals surface area contributed by atoms with Gasteiger partial charge in [0.25, 0.3) is 0 Å². The Bertz CT molecular complexity index is 1880. The third kappa shape index (κ3) is 5.92. The molecule has 1 spiro atoms. The molecule has 50 heavy (non-hydrogen) atoms. The molecule has 0 radical (unpaired) electrons. The molecule has 2 bridgehead atoms. The summed E-state index contributed by atoms with van der Waals surface area (Å²) in [7, 11) is 0. The SMILES string of the molecule is C=CCN(Cn1nnc2ccccc21)C(=O)C1N([C@@H](CO)Cc2ccccc2)C(=O)[C@@H]2[C@H](C(=O)N(CC=C)Cc3ccccc3)[C@@H]3CCC12S3. The van der Waals surface area contributed by atoms with Crippen LogP contribution < -0.4 is 0 Å². The predicted octanol–water partition coefficient (Wildman–Crippen LogP) is 4.31. The van der Waals surface area contributed by atoms with Crippen LogP contribution in [-0.2, 0) is 34.0 Å². The van der Waals surface area contributed by atoms with E-state index in [1.165, 1.54) is 0 Å². The van der Waals surface area contributed by atoms with Gasteiger partial charge < -0.3 is 19.8 Å². The maximum Gasteiger partial charge on any atom is 0.248 e. The number of carbonyl (C=O) groups is 3. The second-order valence-corrected chi connectivity index (χ2v) is 15.0. The van der Waals surface area contributed by atoms with Crippen LogP contribution in [0, 0.1) is 11.8 Å². The summed E-state index contributed by atoms with van der Waals surface area (Å²) in [6.45, 7) is 8.58. The summed E-state index contributed by atoms with van der Waals surface area (Å²) in [5, 5.41) is 19.4. The van der Waals surface area contributed by atoms with E-state index in [1.54, 1.807) is 43.3 Å². The average molecular weight is 691 g/mol. The van der Waals surface area contributed by atoms with Gasteiger partial charge in [-0.15, -0.1) is 30.0 Å². The Labute approximate surface area is 296 Å². The Balaban J connectivity index is 1.28. The second-order valence-electron chi connectivity index (χ2n) is 13.4. The number of aliphatic hydroxyl groups excluding tert-OH is 1. The fourth-order valence-corrected chi connectivity index (χ4v) is 10.5. The molecule has 3 fully saturated rings. The van der Waals surface area contributed by atoms with E-state index in [2.05, 4.69) is 23.5 Å². The first-order chi connectivity index (χ1) is 24.4. The van der Waals surface area contributed by atoms with Crippen LogP contribution in [0.3, 0.4) is 0 Å². The van der Waals surface area contributed by atoms with E-state index < -0.39 is 28.7 Å². The molecule has 3 amide bonds. The molecule has 4 heterocycles. The summed E-state index contributed by atoms with van der Waals surface area (Å²) in [5.41, 5.74) is 3.43. The van der Waals surface area contributed by atoms with Gasteiger partial charge in [0, 0.05) is 24.9 Å². The number of hydrogen-bond acceptors (Lipinski definition) is 7. The molecule has 0 aliphatic carbocycles. The summed E-state index contributed by atoms with van der Waals surface area (Å²) >= 11 is 1.63. The lowest BCUT2D eigenvalue weighted by molar-refractivity contribution is -0.147. The molecule has 7 rings (SSSR count). The third-order valence-corrected chi connectivity index (χ3v) is 12.4. The summed E-state index contributed by atoms with van der Waals surface area (Å²) < 4.78 is 0.850. The molecule has 6 atom stereocenters. The Morgan fingerprint density at radius 3 is 2.30 bits per heavy atom. The zero-order chi connectivity index (χ0) is 34.8. The number of nitrogens with zero attached hydrogens (tertiary/aromatic N) is 6. The highest BCUT2D eigenvalue weighted by Gasteiger charge is 2.74. The fraction of sp³-hybridized carbons (Fsp3) is 0.359. The highest BCUT2D eigenvalue weighted by Crippen LogP contribution is 2.67. The van der Waals surface area contributed by atoms with Gasteiger partial charge in [0.05, 0.1) is 34.7 Å². The molecule has 10 nitrogen and oxygen atoms in total. The number of rotatable bonds is 14. The normalized spacial score (nSPS) is 24.3. The highest BCUT2D eigenvalue weighted by molar-refractivity contribution is 8.02. The van der Waals surface area contributed by atoms with Crippen LogP contribution in [0.2, 0.25) is 0 Å². The third-order valence-electron chi connectivity index (χ3n) is 10.4. The molecule has 2 unspecified atom stereocenters. The predicted molar refractivity (Wildman–Crippen MR) is 193 cm³/mol. The van der Waals surface area contributed by atoms with Crippen molar-refractivity contribution < 1.29 is 19.5 Å². The Morgan fingerprint density at radius 2 is 1.60 bits per heavy atom. The standard InChI is InChI=1S/C39H42N6O4S/c1-3-21-42(24-28-15-9-6-10-16-28)36(47)33-32-19-20-39(50-32)34(33)37(48)45(29(25-46)23-27-13-7-5-8-14-27)35(39)38(49)43(22-4-2)26-44-31-18-12-11-17-30(31)40-41-44/h3-18,29,32-35,46H,1-2,19-26H2/t29-,32+,33-,34+,35?,39?/m1/s1. The number of fused-ring (bicyclic) bond motifs is 2. The summed E-state index contributed by atoms with van der Waals surface area (Å²) in [4.78, 5) is 49.8. The number of thioether (sulfide) groups is 1. The van der Waals surface area contributed by atoms with Crippen LogP contribution in [-0.4, -0.2) is 94.3 Å². The summed E-state index contributed by atoms with van der Waals surface area (Å²) in [5.74, 6) is -1.90. The van der Waals surface area contributed by atoms with Crippen molar-refractivity contribution in [2.75, 3.05) is 19.7 Å². The van der Waals surface area contributed by atoms with E-state index in [0.29, 0.717) is 37.9 Å². The van der Waals surface area contributed by atoms with E-state index >= 15 is 4.79 Å². The van der Waals surface area contributed by atoms with Gasteiger partial charge in [-0.2, -0.15) is 0 Å². The van der Waals surface area contributed by atoms with E-state index in [9.17, 15) is 14.7 Å². The van der Waals surface area contributed by atoms with Crippen molar-refractivity contribution in [3.63, 3.8) is 0 Å². The number of carbonyl (C=O) groups excluding carboxylic acids is 3. The smallest absolute Gasteiger partial charge is 0.248 e. The first kappa shape index (κ1) is 33.7. The van der Waals surface area contributed by atoms with Crippen LogP contribution in [0.25, 0.3) is 11.0 Å². The molecule has 11 heteroatoms. The maximum atomic E-state index is 15.1. The molecule has 3 aromatic carbocycles. The summed E-state index contributed by atoms with van der Waals surface area (Å²) in [6, 6.07) is 25.5. The number of aliphatic hydroxyl groups is 1. The van der Waals surface area contributed by atoms with Gasteiger partial charge in [-0.1, -0.05) is 90.2 Å². The first-order valence-corrected chi connectivity index (χ1v) is 18.0. The van der Waals surface area contributed by atoms with Crippen molar-refractivity contribution >= 4 is 40.5 Å². The van der Waals surface area contributed by atoms with E-state index in [1.807, 2.05) is 84.9 Å². The monoisotopic (exact) mass is 690 g/mol. The van der Waals surface area contributed by atoms with Crippen LogP contribution in [0.4, 0.5) is 0 Å². The molecule has 3 aliphatic rings. The minimum Gasteiger partial charge on any atom is -0.394 e. The van der Waals surface area contributed by atoms with E-state index in [-0.39, 0.29) is 42.8 Å². The lowest BCUT2D eigenvalue weighted by Gasteiger charge is -2.39. The first-order valence-electron chi connectivity index (χ1n) is 17.2. The Kier molecular flexibility index (Phi) is 9.61. The molecule has 0 saturated carbocycles. The van der Waals surface area contributed by atoms with Crippen molar-refractivity contribution in [1.82, 2.24) is 29.7 Å². The van der Waals surface area contributed by atoms with Gasteiger partial charge in [0.1, 0.15) is 18.2 Å². The molecule has 3 aliphatic heterocycles. The van der Waals surface area contributed by atoms with Crippen LogP contribution in [0.15, 0.2) is 110 Å². The van der Waals surface area contributed by atoms with Crippen molar-refractivity contribution in [2.24, 2.45) is 11.8 Å². The number of amides is 3. The molecule has 4 aromatic rings. The van der Waals surface area contributed by atoms with Crippen LogP contribution in [0.5, 0.6) is 0 Å². The lowest BCUT2D eigenvalue weighted by atomic mass is 9.70. The van der Waals surface area contributed by atoms with Gasteiger partial charge in [0.15, 0.2) is 0 Å². The van der Waals surface area contributed by atoms with Crippen molar-refractivity contribution in [1.29, 1.82) is 0 Å². The van der Waals surface area contributed by atoms with Crippen molar-refractivity contribution in [2.45, 2.75) is 54.6 Å². The Hall–Kier alpha value is -4.74. The van der Waals surface area contributed by atoms with Gasteiger partial charge in [0.2, 0.25) is 17.7 Å². The fourth-order valence-electron chi connectivity index (χ4n) is 8.31. The second kappa shape index (κ2) is 14.2. The van der Waals surface area contributed by atoms with Gasteiger partial charge in [-0.25, -0.2) is 4.68 Å². The lowest BCUT2D eigenvalue weighted by Crippen LogP contribution is -2.58. The van der Waals surface area contributed by atoms with Crippen LogP contribution >= 0.6 is 11.8 Å². The average Bonchev–Trinajstić information content (AvgIpc) is 3.90. The van der Waals surface area contributed by atoms with Gasteiger partial charge >= 0.3 is 0 Å². The van der Waals surface area contributed by atoms with Crippen molar-refractivity contribution in [3.05, 3.63) is 121 Å². The number of para-hydroxylation sites is 1. The Morgan fingerprint density at radius 1 is 0.940 bits per heavy atom. The quantitative estimate of drug-likeness (QED) is 0.196. The molecule has 1 N–H and O–H groups in total. The summed E-state index contributed by atoms with van der Waals surface area (Å²) in [6.07, 6.45) is 5.09. The van der Waals surface area contributed by atoms with Crippen molar-refractivity contribution in [3.8, 4) is 0 Å². The number of hydrogen-bond donors (Lipinski definition) is 1. The van der Waals surface area contributed by atoms with Crippen LogP contribution in [0.1, 0.15) is 24.0 Å². The topological polar surface area (TPSA) is 112 Å². The number of aromatic nitrogens is 3. The minimum absolute atomic E-state index is 0.0973. The van der Waals surface area contributed by atoms with Gasteiger partial charge in [-0.05, 0) is 42.5 Å². The number of benzene rings is 3. The highest BCUT2D eigenvalue weighted by atomic mass is 32.2. The zero-order valence-electron chi connectivity index (χ0n) is 28.0. The van der Waals surface area contributed by atoms with E-state index in [4.69, 9.17) is 0 Å². The van der Waals surface area contributed by atoms with Gasteiger partial charge in [-0.3, -0.25) is 14.4 Å². The zero-order valence-corrected chi connectivity index (χ0v) is 28.8. The minimum atomic E-state index is -0.898. The molecular formula is C39H42N6O4S. The molecule has 1 aromatic heterocycles. The molecule has 258 valence electrons. The molecular weight excluding hydrogens is 649 g/mol. The maximum absolute atomic E-state index is 15.1. The van der Waals surface area contributed by atoms with E-state index in [0.717, 1.165) is 16.6 Å².